The Morgan fingerprint density at radius 1 is 1.77 bits per heavy atom. The normalized spacial score (nSPS) is 21.6. The van der Waals surface area contributed by atoms with Gasteiger partial charge >= 0.3 is 0 Å². The zero-order chi connectivity index (χ0) is 10.0. The predicted octanol–water partition coefficient (Wildman–Crippen LogP) is 1.44. The van der Waals surface area contributed by atoms with Crippen molar-refractivity contribution in [2.75, 3.05) is 0 Å². The second-order valence-electron chi connectivity index (χ2n) is 2.78. The van der Waals surface area contributed by atoms with E-state index in [2.05, 4.69) is 4.99 Å². The molecule has 3 nitrogen and oxygen atoms in total. The second kappa shape index (κ2) is 3.58. The molecule has 0 N–H and O–H groups in total. The Morgan fingerprint density at radius 2 is 2.38 bits per heavy atom. The SMILES string of the molecule is CC(=O)C1=CC(C#N)C(=S)N=C1C. The van der Waals surface area contributed by atoms with Gasteiger partial charge in [-0.2, -0.15) is 5.26 Å². The number of dihydropyridines is 1. The summed E-state index contributed by atoms with van der Waals surface area (Å²) in [4.78, 5) is 15.4. The lowest BCUT2D eigenvalue weighted by Crippen LogP contribution is -2.19. The summed E-state index contributed by atoms with van der Waals surface area (Å²) < 4.78 is 0. The van der Waals surface area contributed by atoms with Gasteiger partial charge in [-0.15, -0.1) is 0 Å². The summed E-state index contributed by atoms with van der Waals surface area (Å²) in [6.07, 6.45) is 1.58. The average Bonchev–Trinajstić information content (AvgIpc) is 2.03. The van der Waals surface area contributed by atoms with Crippen molar-refractivity contribution >= 4 is 28.7 Å². The van der Waals surface area contributed by atoms with Gasteiger partial charge in [-0.3, -0.25) is 4.79 Å². The van der Waals surface area contributed by atoms with Gasteiger partial charge in [0.05, 0.1) is 6.07 Å². The largest absolute Gasteiger partial charge is 0.294 e. The highest BCUT2D eigenvalue weighted by Gasteiger charge is 2.20. The number of nitriles is 1. The van der Waals surface area contributed by atoms with E-state index in [1.54, 1.807) is 13.0 Å². The fourth-order valence-corrected chi connectivity index (χ4v) is 1.38. The number of aliphatic imine (C=N–C) groups is 1. The van der Waals surface area contributed by atoms with Crippen molar-refractivity contribution in [3.63, 3.8) is 0 Å². The molecule has 0 radical (unpaired) electrons. The molecule has 0 saturated heterocycles. The van der Waals surface area contributed by atoms with E-state index in [1.165, 1.54) is 6.92 Å². The molecule has 0 aromatic carbocycles. The van der Waals surface area contributed by atoms with E-state index in [0.717, 1.165) is 0 Å². The Labute approximate surface area is 81.8 Å². The van der Waals surface area contributed by atoms with Crippen LogP contribution in [0.1, 0.15) is 13.8 Å². The van der Waals surface area contributed by atoms with Crippen LogP contribution in [0.5, 0.6) is 0 Å². The lowest BCUT2D eigenvalue weighted by molar-refractivity contribution is -0.113. The van der Waals surface area contributed by atoms with Crippen LogP contribution in [0.25, 0.3) is 0 Å². The van der Waals surface area contributed by atoms with Gasteiger partial charge in [-0.05, 0) is 19.9 Å². The molecular formula is C9H8N2OS. The molecule has 1 aliphatic rings. The molecule has 1 rings (SSSR count). The second-order valence-corrected chi connectivity index (χ2v) is 3.20. The van der Waals surface area contributed by atoms with Crippen LogP contribution < -0.4 is 0 Å². The molecule has 0 aromatic rings. The number of nitrogens with zero attached hydrogens (tertiary/aromatic N) is 2. The minimum absolute atomic E-state index is 0.0796. The van der Waals surface area contributed by atoms with Gasteiger partial charge in [0, 0.05) is 11.3 Å². The molecular weight excluding hydrogens is 184 g/mol. The zero-order valence-electron chi connectivity index (χ0n) is 7.37. The molecule has 4 heteroatoms. The molecule has 0 fully saturated rings. The molecule has 1 unspecified atom stereocenters. The van der Waals surface area contributed by atoms with Crippen LogP contribution in [0.3, 0.4) is 0 Å². The number of rotatable bonds is 1. The van der Waals surface area contributed by atoms with Crippen LogP contribution in [-0.2, 0) is 4.79 Å². The summed E-state index contributed by atoms with van der Waals surface area (Å²) in [5.74, 6) is -0.610. The fourth-order valence-electron chi connectivity index (χ4n) is 1.12. The minimum Gasteiger partial charge on any atom is -0.294 e. The summed E-state index contributed by atoms with van der Waals surface area (Å²) in [6, 6.07) is 1.98. The third kappa shape index (κ3) is 1.87. The fraction of sp³-hybridized carbons (Fsp3) is 0.333. The quantitative estimate of drug-likeness (QED) is 0.591. The van der Waals surface area contributed by atoms with Gasteiger partial charge in [0.1, 0.15) is 10.9 Å². The molecule has 0 saturated carbocycles. The molecule has 0 bridgehead atoms. The van der Waals surface area contributed by atoms with Crippen LogP contribution in [-0.4, -0.2) is 16.5 Å². The number of ketones is 1. The van der Waals surface area contributed by atoms with E-state index in [1.807, 2.05) is 6.07 Å². The van der Waals surface area contributed by atoms with Crippen LogP contribution in [0.4, 0.5) is 0 Å². The number of carbonyl (C=O) groups excluding carboxylic acids is 1. The van der Waals surface area contributed by atoms with E-state index < -0.39 is 5.92 Å². The van der Waals surface area contributed by atoms with Crippen molar-refractivity contribution in [3.8, 4) is 6.07 Å². The van der Waals surface area contributed by atoms with Crippen molar-refractivity contribution in [1.29, 1.82) is 5.26 Å². The van der Waals surface area contributed by atoms with Gasteiger partial charge < -0.3 is 0 Å². The summed E-state index contributed by atoms with van der Waals surface area (Å²) in [6.45, 7) is 3.17. The third-order valence-electron chi connectivity index (χ3n) is 1.79. The van der Waals surface area contributed by atoms with Crippen LogP contribution in [0.2, 0.25) is 0 Å². The highest BCUT2D eigenvalue weighted by atomic mass is 32.1. The molecule has 1 aliphatic heterocycles. The number of hydrogen-bond donors (Lipinski definition) is 0. The van der Waals surface area contributed by atoms with E-state index >= 15 is 0 Å². The monoisotopic (exact) mass is 192 g/mol. The third-order valence-corrected chi connectivity index (χ3v) is 2.13. The number of allylic oxidation sites excluding steroid dienone is 1. The van der Waals surface area contributed by atoms with Crippen molar-refractivity contribution in [2.45, 2.75) is 13.8 Å². The molecule has 13 heavy (non-hydrogen) atoms. The highest BCUT2D eigenvalue weighted by molar-refractivity contribution is 7.80. The molecule has 0 amide bonds. The summed E-state index contributed by atoms with van der Waals surface area (Å²) >= 11 is 4.88. The molecule has 1 heterocycles. The van der Waals surface area contributed by atoms with Crippen molar-refractivity contribution in [1.82, 2.24) is 0 Å². The Kier molecular flexibility index (Phi) is 2.69. The Balaban J connectivity index is 3.12. The maximum Gasteiger partial charge on any atom is 0.161 e. The Bertz CT molecular complexity index is 374. The van der Waals surface area contributed by atoms with Crippen molar-refractivity contribution in [2.24, 2.45) is 10.9 Å². The van der Waals surface area contributed by atoms with E-state index in [9.17, 15) is 4.79 Å². The number of carbonyl (C=O) groups is 1. The smallest absolute Gasteiger partial charge is 0.161 e. The topological polar surface area (TPSA) is 53.2 Å². The molecule has 1 atom stereocenters. The van der Waals surface area contributed by atoms with Gasteiger partial charge in [-0.1, -0.05) is 12.2 Å². The first-order valence-electron chi connectivity index (χ1n) is 3.78. The van der Waals surface area contributed by atoms with Gasteiger partial charge in [-0.25, -0.2) is 4.99 Å². The maximum atomic E-state index is 11.1. The molecule has 0 aliphatic carbocycles. The van der Waals surface area contributed by atoms with Gasteiger partial charge in [0.25, 0.3) is 0 Å². The van der Waals surface area contributed by atoms with Crippen LogP contribution in [0, 0.1) is 17.2 Å². The van der Waals surface area contributed by atoms with Crippen LogP contribution >= 0.6 is 12.2 Å². The lowest BCUT2D eigenvalue weighted by atomic mass is 9.98. The Hall–Kier alpha value is -1.34. The predicted molar refractivity (Wildman–Crippen MR) is 53.6 cm³/mol. The summed E-state index contributed by atoms with van der Waals surface area (Å²) in [7, 11) is 0. The van der Waals surface area contributed by atoms with E-state index in [-0.39, 0.29) is 5.78 Å². The van der Waals surface area contributed by atoms with E-state index in [0.29, 0.717) is 16.3 Å². The maximum absolute atomic E-state index is 11.1. The zero-order valence-corrected chi connectivity index (χ0v) is 8.18. The standard InChI is InChI=1S/C9H8N2OS/c1-5-8(6(2)12)3-7(4-10)9(13)11-5/h3,7H,1-2H3. The minimum atomic E-state index is -0.530. The molecule has 66 valence electrons. The lowest BCUT2D eigenvalue weighted by Gasteiger charge is -2.12. The number of Topliss-reactive ketones (excluding diaryl/α,β-unsaturated/α-hetero) is 1. The summed E-state index contributed by atoms with van der Waals surface area (Å²) in [5, 5.41) is 8.68. The average molecular weight is 192 g/mol. The van der Waals surface area contributed by atoms with Crippen molar-refractivity contribution in [3.05, 3.63) is 11.6 Å². The Morgan fingerprint density at radius 3 is 2.85 bits per heavy atom. The van der Waals surface area contributed by atoms with Gasteiger partial charge in [0.15, 0.2) is 5.78 Å². The van der Waals surface area contributed by atoms with Gasteiger partial charge in [0.2, 0.25) is 0 Å². The highest BCUT2D eigenvalue weighted by Crippen LogP contribution is 2.15. The first-order chi connectivity index (χ1) is 6.06. The number of hydrogen-bond acceptors (Lipinski definition) is 3. The first-order valence-corrected chi connectivity index (χ1v) is 4.19. The molecule has 0 spiro atoms. The first kappa shape index (κ1) is 9.75. The van der Waals surface area contributed by atoms with Crippen LogP contribution in [0.15, 0.2) is 16.6 Å². The van der Waals surface area contributed by atoms with Crippen molar-refractivity contribution < 1.29 is 4.79 Å². The number of thiocarbonyl (C=S) groups is 1. The molecule has 0 aromatic heterocycles. The summed E-state index contributed by atoms with van der Waals surface area (Å²) in [5.41, 5.74) is 1.10. The van der Waals surface area contributed by atoms with E-state index in [4.69, 9.17) is 17.5 Å².